The fraction of sp³-hybridized carbons (Fsp3) is 0.0625. The Kier molecular flexibility index (Phi) is 3.98. The Labute approximate surface area is 111 Å². The molecule has 3 nitrogen and oxygen atoms in total. The SMILES string of the molecule is COc1ccc(C(=O)C=Cc2ccccc2O)cc1. The summed E-state index contributed by atoms with van der Waals surface area (Å²) in [5, 5.41) is 9.58. The number of phenolic OH excluding ortho intramolecular Hbond substituents is 1. The van der Waals surface area contributed by atoms with Gasteiger partial charge in [0.1, 0.15) is 11.5 Å². The van der Waals surface area contributed by atoms with E-state index in [1.807, 2.05) is 0 Å². The number of methoxy groups -OCH3 is 1. The molecule has 1 N–H and O–H groups in total. The Morgan fingerprint density at radius 3 is 2.42 bits per heavy atom. The van der Waals surface area contributed by atoms with Crippen molar-refractivity contribution in [2.75, 3.05) is 7.11 Å². The van der Waals surface area contributed by atoms with Crippen molar-refractivity contribution in [1.29, 1.82) is 0 Å². The number of aromatic hydroxyl groups is 1. The van der Waals surface area contributed by atoms with Gasteiger partial charge in [-0.2, -0.15) is 0 Å². The third-order valence-corrected chi connectivity index (χ3v) is 2.73. The summed E-state index contributed by atoms with van der Waals surface area (Å²) in [4.78, 5) is 11.9. The Morgan fingerprint density at radius 1 is 1.11 bits per heavy atom. The number of rotatable bonds is 4. The Balaban J connectivity index is 2.14. The number of para-hydroxylation sites is 1. The van der Waals surface area contributed by atoms with Crippen molar-refractivity contribution in [1.82, 2.24) is 0 Å². The summed E-state index contributed by atoms with van der Waals surface area (Å²) in [6.07, 6.45) is 3.04. The van der Waals surface area contributed by atoms with Gasteiger partial charge in [-0.25, -0.2) is 0 Å². The molecule has 0 aliphatic carbocycles. The molecular formula is C16H14O3. The van der Waals surface area contributed by atoms with Gasteiger partial charge in [0.15, 0.2) is 5.78 Å². The monoisotopic (exact) mass is 254 g/mol. The summed E-state index contributed by atoms with van der Waals surface area (Å²) in [7, 11) is 1.58. The van der Waals surface area contributed by atoms with Crippen LogP contribution >= 0.6 is 0 Å². The highest BCUT2D eigenvalue weighted by atomic mass is 16.5. The van der Waals surface area contributed by atoms with Crippen LogP contribution in [-0.4, -0.2) is 18.0 Å². The van der Waals surface area contributed by atoms with Crippen molar-refractivity contribution in [2.45, 2.75) is 0 Å². The standard InChI is InChI=1S/C16H14O3/c1-19-14-9-6-13(7-10-14)16(18)11-8-12-4-2-3-5-15(12)17/h2-11,17H,1H3. The molecule has 0 atom stereocenters. The quantitative estimate of drug-likeness (QED) is 0.672. The highest BCUT2D eigenvalue weighted by molar-refractivity contribution is 6.07. The maximum Gasteiger partial charge on any atom is 0.185 e. The van der Waals surface area contributed by atoms with E-state index in [9.17, 15) is 9.90 Å². The minimum atomic E-state index is -0.120. The van der Waals surface area contributed by atoms with Crippen molar-refractivity contribution in [3.63, 3.8) is 0 Å². The maximum absolute atomic E-state index is 11.9. The molecule has 0 aliphatic rings. The molecule has 0 unspecified atom stereocenters. The van der Waals surface area contributed by atoms with Gasteiger partial charge in [0.25, 0.3) is 0 Å². The van der Waals surface area contributed by atoms with Crippen LogP contribution < -0.4 is 4.74 Å². The van der Waals surface area contributed by atoms with E-state index in [-0.39, 0.29) is 11.5 Å². The summed E-state index contributed by atoms with van der Waals surface area (Å²) in [6.45, 7) is 0. The van der Waals surface area contributed by atoms with Gasteiger partial charge in [-0.3, -0.25) is 4.79 Å². The summed E-state index contributed by atoms with van der Waals surface area (Å²) >= 11 is 0. The van der Waals surface area contributed by atoms with Crippen LogP contribution in [-0.2, 0) is 0 Å². The van der Waals surface area contributed by atoms with Crippen LogP contribution in [0.4, 0.5) is 0 Å². The first-order chi connectivity index (χ1) is 9.20. The number of carbonyl (C=O) groups excluding carboxylic acids is 1. The number of hydrogen-bond acceptors (Lipinski definition) is 3. The molecule has 0 fully saturated rings. The number of ether oxygens (including phenoxy) is 1. The van der Waals surface area contributed by atoms with Crippen LogP contribution in [0.1, 0.15) is 15.9 Å². The molecule has 19 heavy (non-hydrogen) atoms. The molecule has 2 rings (SSSR count). The van der Waals surface area contributed by atoms with Gasteiger partial charge in [0.2, 0.25) is 0 Å². The van der Waals surface area contributed by atoms with E-state index in [1.165, 1.54) is 6.08 Å². The molecule has 3 heteroatoms. The van der Waals surface area contributed by atoms with Gasteiger partial charge in [0.05, 0.1) is 7.11 Å². The van der Waals surface area contributed by atoms with Crippen molar-refractivity contribution in [3.05, 3.63) is 65.7 Å². The minimum Gasteiger partial charge on any atom is -0.507 e. The molecule has 2 aromatic rings. The summed E-state index contributed by atoms with van der Waals surface area (Å²) in [5.41, 5.74) is 1.19. The topological polar surface area (TPSA) is 46.5 Å². The third kappa shape index (κ3) is 3.22. The number of allylic oxidation sites excluding steroid dienone is 1. The number of carbonyl (C=O) groups is 1. The summed E-state index contributed by atoms with van der Waals surface area (Å²) in [5.74, 6) is 0.744. The lowest BCUT2D eigenvalue weighted by atomic mass is 10.1. The van der Waals surface area contributed by atoms with Crippen LogP contribution in [0.5, 0.6) is 11.5 Å². The number of hydrogen-bond donors (Lipinski definition) is 1. The molecule has 0 radical (unpaired) electrons. The van der Waals surface area contributed by atoms with Crippen LogP contribution in [0.3, 0.4) is 0 Å². The highest BCUT2D eigenvalue weighted by Gasteiger charge is 2.02. The fourth-order valence-corrected chi connectivity index (χ4v) is 1.65. The fourth-order valence-electron chi connectivity index (χ4n) is 1.65. The van der Waals surface area contributed by atoms with E-state index in [4.69, 9.17) is 4.74 Å². The molecule has 0 bridgehead atoms. The van der Waals surface area contributed by atoms with Crippen LogP contribution in [0, 0.1) is 0 Å². The smallest absolute Gasteiger partial charge is 0.185 e. The predicted molar refractivity (Wildman–Crippen MR) is 74.5 cm³/mol. The number of benzene rings is 2. The minimum absolute atomic E-state index is 0.120. The molecule has 2 aromatic carbocycles. The zero-order valence-electron chi connectivity index (χ0n) is 10.5. The molecule has 0 amide bonds. The lowest BCUT2D eigenvalue weighted by molar-refractivity contribution is 0.104. The lowest BCUT2D eigenvalue weighted by Crippen LogP contribution is -1.94. The van der Waals surface area contributed by atoms with Gasteiger partial charge in [-0.1, -0.05) is 18.2 Å². The van der Waals surface area contributed by atoms with Crippen molar-refractivity contribution in [2.24, 2.45) is 0 Å². The second kappa shape index (κ2) is 5.87. The first kappa shape index (κ1) is 12.9. The average Bonchev–Trinajstić information content (AvgIpc) is 2.46. The molecule has 0 spiro atoms. The Hall–Kier alpha value is -2.55. The van der Waals surface area contributed by atoms with E-state index in [1.54, 1.807) is 61.7 Å². The van der Waals surface area contributed by atoms with E-state index in [2.05, 4.69) is 0 Å². The van der Waals surface area contributed by atoms with Crippen molar-refractivity contribution >= 4 is 11.9 Å². The van der Waals surface area contributed by atoms with Gasteiger partial charge < -0.3 is 9.84 Å². The molecule has 96 valence electrons. The zero-order valence-corrected chi connectivity index (χ0v) is 10.5. The second-order valence-electron chi connectivity index (χ2n) is 3.98. The first-order valence-corrected chi connectivity index (χ1v) is 5.85. The average molecular weight is 254 g/mol. The Bertz CT molecular complexity index is 598. The number of phenols is 1. The Morgan fingerprint density at radius 2 is 1.79 bits per heavy atom. The summed E-state index contributed by atoms with van der Waals surface area (Å²) in [6, 6.07) is 13.7. The van der Waals surface area contributed by atoms with Gasteiger partial charge in [-0.05, 0) is 42.5 Å². The highest BCUT2D eigenvalue weighted by Crippen LogP contribution is 2.18. The molecule has 0 saturated carbocycles. The molecule has 0 aliphatic heterocycles. The first-order valence-electron chi connectivity index (χ1n) is 5.85. The molecule has 0 heterocycles. The van der Waals surface area contributed by atoms with E-state index >= 15 is 0 Å². The van der Waals surface area contributed by atoms with Crippen LogP contribution in [0.25, 0.3) is 6.08 Å². The second-order valence-corrected chi connectivity index (χ2v) is 3.98. The normalized spacial score (nSPS) is 10.6. The predicted octanol–water partition coefficient (Wildman–Crippen LogP) is 3.30. The van der Waals surface area contributed by atoms with E-state index < -0.39 is 0 Å². The van der Waals surface area contributed by atoms with Gasteiger partial charge >= 0.3 is 0 Å². The van der Waals surface area contributed by atoms with E-state index in [0.717, 1.165) is 0 Å². The van der Waals surface area contributed by atoms with Gasteiger partial charge in [-0.15, -0.1) is 0 Å². The van der Waals surface area contributed by atoms with Crippen LogP contribution in [0.2, 0.25) is 0 Å². The van der Waals surface area contributed by atoms with Crippen molar-refractivity contribution in [3.8, 4) is 11.5 Å². The molecule has 0 saturated heterocycles. The zero-order chi connectivity index (χ0) is 13.7. The number of ketones is 1. The van der Waals surface area contributed by atoms with Crippen LogP contribution in [0.15, 0.2) is 54.6 Å². The maximum atomic E-state index is 11.9. The largest absolute Gasteiger partial charge is 0.507 e. The molecule has 0 aromatic heterocycles. The summed E-state index contributed by atoms with van der Waals surface area (Å²) < 4.78 is 5.03. The van der Waals surface area contributed by atoms with Gasteiger partial charge in [0, 0.05) is 11.1 Å². The molecular weight excluding hydrogens is 240 g/mol. The van der Waals surface area contributed by atoms with Crippen molar-refractivity contribution < 1.29 is 14.6 Å². The third-order valence-electron chi connectivity index (χ3n) is 2.73. The van der Waals surface area contributed by atoms with E-state index in [0.29, 0.717) is 16.9 Å². The lowest BCUT2D eigenvalue weighted by Gasteiger charge is -2.00.